The van der Waals surface area contributed by atoms with Gasteiger partial charge in [0.1, 0.15) is 17.2 Å². The van der Waals surface area contributed by atoms with Gasteiger partial charge in [-0.25, -0.2) is 9.67 Å². The average molecular weight is 457 g/mol. The van der Waals surface area contributed by atoms with Crippen molar-refractivity contribution < 1.29 is 9.53 Å². The molecule has 0 fully saturated rings. The molecule has 0 radical (unpaired) electrons. The molecule has 0 aliphatic carbocycles. The first-order chi connectivity index (χ1) is 16.2. The quantitative estimate of drug-likeness (QED) is 0.371. The first-order valence-corrected chi connectivity index (χ1v) is 11.1. The zero-order valence-electron chi connectivity index (χ0n) is 17.7. The number of benzene rings is 2. The third-order valence-electron chi connectivity index (χ3n) is 4.96. The number of carbonyl (C=O) groups excluding carboxylic acids is 1. The van der Waals surface area contributed by atoms with Gasteiger partial charge in [-0.2, -0.15) is 5.10 Å². The van der Waals surface area contributed by atoms with Gasteiger partial charge >= 0.3 is 0 Å². The minimum atomic E-state index is -0.261. The van der Waals surface area contributed by atoms with Gasteiger partial charge in [-0.1, -0.05) is 29.5 Å². The van der Waals surface area contributed by atoms with Crippen molar-refractivity contribution in [3.05, 3.63) is 90.5 Å². The van der Waals surface area contributed by atoms with E-state index in [2.05, 4.69) is 31.8 Å². The summed E-state index contributed by atoms with van der Waals surface area (Å²) in [4.78, 5) is 20.5. The zero-order chi connectivity index (χ0) is 22.6. The van der Waals surface area contributed by atoms with Crippen LogP contribution in [0.5, 0.6) is 11.5 Å². The van der Waals surface area contributed by atoms with Crippen LogP contribution in [-0.4, -0.2) is 32.7 Å². The first kappa shape index (κ1) is 20.7. The Hall–Kier alpha value is -4.24. The number of para-hydroxylation sites is 1. The van der Waals surface area contributed by atoms with Crippen LogP contribution in [0.1, 0.15) is 16.1 Å². The van der Waals surface area contributed by atoms with Crippen LogP contribution < -0.4 is 15.4 Å². The lowest BCUT2D eigenvalue weighted by Crippen LogP contribution is -2.18. The van der Waals surface area contributed by atoms with E-state index in [4.69, 9.17) is 4.74 Å². The van der Waals surface area contributed by atoms with Gasteiger partial charge in [0.2, 0.25) is 0 Å². The predicted molar refractivity (Wildman–Crippen MR) is 128 cm³/mol. The van der Waals surface area contributed by atoms with Crippen LogP contribution in [0.2, 0.25) is 0 Å². The SMILES string of the molecule is CNC(=O)c1cc(Oc2ccc3nc(NCc4ccccc4-n4cccn4)sc3c2)ccn1. The number of rotatable bonds is 7. The molecular weight excluding hydrogens is 436 g/mol. The highest BCUT2D eigenvalue weighted by Gasteiger charge is 2.10. The average Bonchev–Trinajstić information content (AvgIpc) is 3.52. The largest absolute Gasteiger partial charge is 0.457 e. The Morgan fingerprint density at radius 3 is 2.79 bits per heavy atom. The smallest absolute Gasteiger partial charge is 0.269 e. The standard InChI is InChI=1S/C24H20N6O2S/c1-25-23(31)20-13-18(9-11-26-20)32-17-7-8-19-22(14-17)33-24(29-19)27-15-16-5-2-3-6-21(16)30-12-4-10-28-30/h2-14H,15H2,1H3,(H,25,31)(H,27,29). The van der Waals surface area contributed by atoms with Crippen LogP contribution in [0.15, 0.2) is 79.3 Å². The topological polar surface area (TPSA) is 94.0 Å². The number of nitrogens with zero attached hydrogens (tertiary/aromatic N) is 4. The van der Waals surface area contributed by atoms with Crippen LogP contribution >= 0.6 is 11.3 Å². The molecule has 1 amide bonds. The lowest BCUT2D eigenvalue weighted by molar-refractivity contribution is 0.0958. The third-order valence-corrected chi connectivity index (χ3v) is 5.94. The lowest BCUT2D eigenvalue weighted by atomic mass is 10.2. The van der Waals surface area contributed by atoms with Crippen molar-refractivity contribution in [2.45, 2.75) is 6.54 Å². The molecule has 0 bridgehead atoms. The first-order valence-electron chi connectivity index (χ1n) is 10.3. The highest BCUT2D eigenvalue weighted by molar-refractivity contribution is 7.22. The van der Waals surface area contributed by atoms with Gasteiger partial charge < -0.3 is 15.4 Å². The summed E-state index contributed by atoms with van der Waals surface area (Å²) in [6, 6.07) is 19.1. The molecular formula is C24H20N6O2S. The van der Waals surface area contributed by atoms with Gasteiger partial charge in [-0.3, -0.25) is 9.78 Å². The lowest BCUT2D eigenvalue weighted by Gasteiger charge is -2.09. The van der Waals surface area contributed by atoms with E-state index >= 15 is 0 Å². The van der Waals surface area contributed by atoms with E-state index < -0.39 is 0 Å². The second-order valence-electron chi connectivity index (χ2n) is 7.14. The van der Waals surface area contributed by atoms with E-state index in [0.717, 1.165) is 26.6 Å². The number of nitrogens with one attached hydrogen (secondary N) is 2. The number of pyridine rings is 1. The van der Waals surface area contributed by atoms with Crippen molar-refractivity contribution in [1.29, 1.82) is 0 Å². The van der Waals surface area contributed by atoms with Crippen LogP contribution in [0.3, 0.4) is 0 Å². The summed E-state index contributed by atoms with van der Waals surface area (Å²) >= 11 is 1.56. The summed E-state index contributed by atoms with van der Waals surface area (Å²) in [7, 11) is 1.57. The monoisotopic (exact) mass is 456 g/mol. The van der Waals surface area contributed by atoms with Crippen molar-refractivity contribution >= 4 is 32.6 Å². The van der Waals surface area contributed by atoms with Crippen molar-refractivity contribution in [3.63, 3.8) is 0 Å². The number of ether oxygens (including phenoxy) is 1. The number of amides is 1. The third kappa shape index (κ3) is 4.53. The number of hydrogen-bond donors (Lipinski definition) is 2. The zero-order valence-corrected chi connectivity index (χ0v) is 18.5. The molecule has 0 unspecified atom stereocenters. The van der Waals surface area contributed by atoms with Gasteiger partial charge in [-0.05, 0) is 35.9 Å². The second kappa shape index (κ2) is 9.09. The summed E-state index contributed by atoms with van der Waals surface area (Å²) in [5.74, 6) is 0.944. The second-order valence-corrected chi connectivity index (χ2v) is 8.17. The van der Waals surface area contributed by atoms with Crippen molar-refractivity contribution in [2.75, 3.05) is 12.4 Å². The molecule has 0 atom stereocenters. The Kier molecular flexibility index (Phi) is 5.69. The Morgan fingerprint density at radius 2 is 1.94 bits per heavy atom. The molecule has 9 heteroatoms. The van der Waals surface area contributed by atoms with Crippen LogP contribution in [0.25, 0.3) is 15.9 Å². The molecule has 5 aromatic rings. The maximum atomic E-state index is 11.8. The molecule has 2 N–H and O–H groups in total. The molecule has 5 rings (SSSR count). The fourth-order valence-corrected chi connectivity index (χ4v) is 4.26. The number of anilines is 1. The molecule has 0 saturated heterocycles. The van der Waals surface area contributed by atoms with Gasteiger partial charge in [0.25, 0.3) is 5.91 Å². The van der Waals surface area contributed by atoms with Gasteiger partial charge in [0, 0.05) is 44.3 Å². The highest BCUT2D eigenvalue weighted by Crippen LogP contribution is 2.31. The predicted octanol–water partition coefficient (Wildman–Crippen LogP) is 4.64. The molecule has 2 aromatic carbocycles. The van der Waals surface area contributed by atoms with E-state index in [0.29, 0.717) is 23.7 Å². The number of thiazole rings is 1. The maximum absolute atomic E-state index is 11.8. The molecule has 8 nitrogen and oxygen atoms in total. The number of carbonyl (C=O) groups is 1. The van der Waals surface area contributed by atoms with E-state index in [1.165, 1.54) is 0 Å². The number of fused-ring (bicyclic) bond motifs is 1. The molecule has 0 aliphatic rings. The Morgan fingerprint density at radius 1 is 1.06 bits per heavy atom. The molecule has 0 spiro atoms. The summed E-state index contributed by atoms with van der Waals surface area (Å²) in [6.45, 7) is 0.624. The van der Waals surface area contributed by atoms with Crippen LogP contribution in [-0.2, 0) is 6.54 Å². The summed E-state index contributed by atoms with van der Waals surface area (Å²) in [6.07, 6.45) is 5.25. The fraction of sp³-hybridized carbons (Fsp3) is 0.0833. The Balaban J connectivity index is 1.32. The minimum absolute atomic E-state index is 0.261. The number of aromatic nitrogens is 4. The fourth-order valence-electron chi connectivity index (χ4n) is 3.37. The van der Waals surface area contributed by atoms with Gasteiger partial charge in [-0.15, -0.1) is 0 Å². The Bertz CT molecular complexity index is 1410. The number of hydrogen-bond acceptors (Lipinski definition) is 7. The molecule has 33 heavy (non-hydrogen) atoms. The van der Waals surface area contributed by atoms with Crippen molar-refractivity contribution in [2.24, 2.45) is 0 Å². The molecule has 0 aliphatic heterocycles. The van der Waals surface area contributed by atoms with Gasteiger partial charge in [0.05, 0.1) is 15.9 Å². The summed E-state index contributed by atoms with van der Waals surface area (Å²) in [5, 5.41) is 11.1. The summed E-state index contributed by atoms with van der Waals surface area (Å²) in [5.41, 5.74) is 3.33. The molecule has 0 saturated carbocycles. The molecule has 164 valence electrons. The highest BCUT2D eigenvalue weighted by atomic mass is 32.1. The maximum Gasteiger partial charge on any atom is 0.269 e. The molecule has 3 aromatic heterocycles. The normalized spacial score (nSPS) is 10.8. The van der Waals surface area contributed by atoms with E-state index in [1.54, 1.807) is 42.9 Å². The summed E-state index contributed by atoms with van der Waals surface area (Å²) < 4.78 is 8.80. The van der Waals surface area contributed by atoms with Crippen LogP contribution in [0, 0.1) is 0 Å². The van der Waals surface area contributed by atoms with Crippen LogP contribution in [0.4, 0.5) is 5.13 Å². The molecule has 3 heterocycles. The van der Waals surface area contributed by atoms with Crippen molar-refractivity contribution in [1.82, 2.24) is 25.1 Å². The van der Waals surface area contributed by atoms with E-state index in [-0.39, 0.29) is 5.91 Å². The van der Waals surface area contributed by atoms with E-state index in [9.17, 15) is 4.79 Å². The van der Waals surface area contributed by atoms with E-state index in [1.807, 2.05) is 53.3 Å². The minimum Gasteiger partial charge on any atom is -0.457 e. The Labute approximate surface area is 193 Å². The van der Waals surface area contributed by atoms with Gasteiger partial charge in [0.15, 0.2) is 5.13 Å². The van der Waals surface area contributed by atoms with Crippen molar-refractivity contribution in [3.8, 4) is 17.2 Å².